The molecule has 1 aromatic carbocycles. The summed E-state index contributed by atoms with van der Waals surface area (Å²) in [5.41, 5.74) is 2.01. The van der Waals surface area contributed by atoms with E-state index in [9.17, 15) is 34.8 Å². The van der Waals surface area contributed by atoms with E-state index in [-0.39, 0.29) is 41.8 Å². The number of hydrogen-bond acceptors (Lipinski definition) is 9. The summed E-state index contributed by atoms with van der Waals surface area (Å²) in [5, 5.41) is 44.8. The molecule has 1 amide bonds. The molecule has 37 heavy (non-hydrogen) atoms. The van der Waals surface area contributed by atoms with Crippen LogP contribution in [0.3, 0.4) is 0 Å². The van der Waals surface area contributed by atoms with Gasteiger partial charge in [-0.1, -0.05) is 6.92 Å². The highest BCUT2D eigenvalue weighted by Gasteiger charge is 2.64. The van der Waals surface area contributed by atoms with Gasteiger partial charge in [0.2, 0.25) is 5.78 Å². The van der Waals surface area contributed by atoms with Crippen LogP contribution in [0.4, 0.5) is 4.39 Å². The van der Waals surface area contributed by atoms with Crippen molar-refractivity contribution in [3.8, 4) is 5.75 Å². The third-order valence-electron chi connectivity index (χ3n) is 8.34. The Balaban J connectivity index is 1.71. The molecule has 0 aromatic heterocycles. The van der Waals surface area contributed by atoms with Crippen LogP contribution in [0, 0.1) is 17.7 Å². The molecule has 0 bridgehead atoms. The number of nitrogens with two attached hydrogens (primary N) is 1. The minimum atomic E-state index is -2.71. The van der Waals surface area contributed by atoms with E-state index in [1.807, 2.05) is 11.8 Å². The molecule has 3 aliphatic carbocycles. The molecule has 1 heterocycles. The number of primary amides is 1. The fraction of sp³-hybridized carbons (Fsp3) is 0.500. The van der Waals surface area contributed by atoms with E-state index < -0.39 is 63.9 Å². The van der Waals surface area contributed by atoms with Crippen LogP contribution in [0.2, 0.25) is 0 Å². The monoisotopic (exact) mass is 515 g/mol. The number of aromatic hydroxyl groups is 1. The second-order valence-corrected chi connectivity index (χ2v) is 10.6. The first-order valence-electron chi connectivity index (χ1n) is 12.3. The van der Waals surface area contributed by atoms with E-state index in [4.69, 9.17) is 5.73 Å². The largest absolute Gasteiger partial charge is 0.508 e. The minimum absolute atomic E-state index is 0.0605. The predicted molar refractivity (Wildman–Crippen MR) is 129 cm³/mol. The number of carbonyl (C=O) groups excluding carboxylic acids is 3. The molecule has 5 rings (SSSR count). The van der Waals surface area contributed by atoms with Crippen molar-refractivity contribution >= 4 is 23.2 Å². The number of hydrogen-bond donors (Lipinski definition) is 5. The number of amides is 1. The first-order valence-corrected chi connectivity index (χ1v) is 12.3. The zero-order valence-electron chi connectivity index (χ0n) is 20.8. The molecule has 11 heteroatoms. The number of aliphatic hydroxyl groups excluding tert-OH is 2. The molecule has 0 radical (unpaired) electrons. The second kappa shape index (κ2) is 8.37. The zero-order chi connectivity index (χ0) is 27.1. The quantitative estimate of drug-likeness (QED) is 0.365. The van der Waals surface area contributed by atoms with Crippen LogP contribution in [0.1, 0.15) is 42.0 Å². The van der Waals surface area contributed by atoms with Gasteiger partial charge in [-0.2, -0.15) is 0 Å². The maximum Gasteiger partial charge on any atom is 0.255 e. The smallest absolute Gasteiger partial charge is 0.255 e. The van der Waals surface area contributed by atoms with E-state index in [1.54, 1.807) is 0 Å². The molecule has 1 fully saturated rings. The maximum atomic E-state index is 15.8. The lowest BCUT2D eigenvalue weighted by molar-refractivity contribution is -0.153. The molecule has 0 unspecified atom stereocenters. The van der Waals surface area contributed by atoms with Crippen molar-refractivity contribution in [2.45, 2.75) is 50.9 Å². The first kappa shape index (κ1) is 25.4. The molecule has 1 saturated carbocycles. The topological polar surface area (TPSA) is 165 Å². The van der Waals surface area contributed by atoms with Gasteiger partial charge < -0.3 is 26.2 Å². The van der Waals surface area contributed by atoms with Gasteiger partial charge in [0.1, 0.15) is 28.7 Å². The summed E-state index contributed by atoms with van der Waals surface area (Å²) in [6.07, 6.45) is 0.692. The molecule has 0 saturated heterocycles. The standard InChI is InChI=1S/C26H30FN3O7/c1-4-5-30-8-12-13(9-30)20(31)16-11(18(12)27)6-10-7-14-19(29(2)3)22(33)17(25(28)36)24(35)26(14,37)23(34)15(10)21(16)32/h10,14,19,31-32,35,37H,4-9H2,1-3H3,(H2,28,36)/t10-,14-,19-,26-/m0/s1. The summed E-state index contributed by atoms with van der Waals surface area (Å²) in [7, 11) is 3.05. The number of halogens is 1. The summed E-state index contributed by atoms with van der Waals surface area (Å²) < 4.78 is 15.8. The van der Waals surface area contributed by atoms with Gasteiger partial charge in [0, 0.05) is 41.3 Å². The lowest BCUT2D eigenvalue weighted by Crippen LogP contribution is -2.65. The van der Waals surface area contributed by atoms with Crippen molar-refractivity contribution < 1.29 is 39.2 Å². The van der Waals surface area contributed by atoms with Gasteiger partial charge in [0.05, 0.1) is 11.6 Å². The average Bonchev–Trinajstić information content (AvgIpc) is 3.24. The highest BCUT2D eigenvalue weighted by Crippen LogP contribution is 2.54. The summed E-state index contributed by atoms with van der Waals surface area (Å²) in [5.74, 6) is -7.94. The third-order valence-corrected chi connectivity index (χ3v) is 8.34. The lowest BCUT2D eigenvalue weighted by Gasteiger charge is -2.50. The summed E-state index contributed by atoms with van der Waals surface area (Å²) in [6.45, 7) is 3.27. The molecule has 198 valence electrons. The van der Waals surface area contributed by atoms with Gasteiger partial charge in [-0.25, -0.2) is 4.39 Å². The van der Waals surface area contributed by atoms with Crippen LogP contribution >= 0.6 is 0 Å². The van der Waals surface area contributed by atoms with Crippen molar-refractivity contribution in [2.24, 2.45) is 17.6 Å². The summed E-state index contributed by atoms with van der Waals surface area (Å²) >= 11 is 0. The van der Waals surface area contributed by atoms with Gasteiger partial charge in [-0.05, 0) is 45.8 Å². The Bertz CT molecular complexity index is 1330. The van der Waals surface area contributed by atoms with Crippen molar-refractivity contribution in [1.82, 2.24) is 9.80 Å². The summed E-state index contributed by atoms with van der Waals surface area (Å²) in [4.78, 5) is 42.4. The molecule has 10 nitrogen and oxygen atoms in total. The van der Waals surface area contributed by atoms with Crippen molar-refractivity contribution in [1.29, 1.82) is 0 Å². The second-order valence-electron chi connectivity index (χ2n) is 10.6. The van der Waals surface area contributed by atoms with Crippen LogP contribution in [0.5, 0.6) is 5.75 Å². The third kappa shape index (κ3) is 3.23. The number of phenols is 1. The molecule has 6 N–H and O–H groups in total. The number of ketones is 2. The molecule has 1 aromatic rings. The molecule has 0 spiro atoms. The molecule has 1 aliphatic heterocycles. The van der Waals surface area contributed by atoms with Crippen molar-refractivity contribution in [3.05, 3.63) is 45.0 Å². The number of Topliss-reactive ketones (excluding diaryl/α,β-unsaturated/α-hetero) is 2. The Morgan fingerprint density at radius 1 is 1.16 bits per heavy atom. The van der Waals surface area contributed by atoms with Crippen LogP contribution in [0.15, 0.2) is 16.9 Å². The van der Waals surface area contributed by atoms with E-state index in [0.717, 1.165) is 6.42 Å². The number of likely N-dealkylation sites (N-methyl/N-ethyl adjacent to an activating group) is 1. The fourth-order valence-electron chi connectivity index (χ4n) is 6.75. The highest BCUT2D eigenvalue weighted by atomic mass is 19.1. The molecular formula is C26H30FN3O7. The van der Waals surface area contributed by atoms with Crippen LogP contribution in [-0.4, -0.2) is 80.0 Å². The number of phenolic OH excluding ortho intramolecular Hbond substituents is 1. The molecule has 4 aliphatic rings. The number of rotatable bonds is 4. The van der Waals surface area contributed by atoms with Gasteiger partial charge >= 0.3 is 0 Å². The number of benzene rings is 1. The Hall–Kier alpha value is -3.28. The van der Waals surface area contributed by atoms with Crippen molar-refractivity contribution in [3.63, 3.8) is 0 Å². The lowest BCUT2D eigenvalue weighted by atomic mass is 9.57. The van der Waals surface area contributed by atoms with Crippen LogP contribution < -0.4 is 5.73 Å². The van der Waals surface area contributed by atoms with E-state index in [1.165, 1.54) is 19.0 Å². The first-order chi connectivity index (χ1) is 17.4. The Morgan fingerprint density at radius 3 is 2.41 bits per heavy atom. The molecular weight excluding hydrogens is 485 g/mol. The fourth-order valence-corrected chi connectivity index (χ4v) is 6.75. The summed E-state index contributed by atoms with van der Waals surface area (Å²) in [6, 6.07) is -1.18. The Labute approximate surface area is 212 Å². The number of fused-ring (bicyclic) bond motifs is 4. The zero-order valence-corrected chi connectivity index (χ0v) is 20.8. The van der Waals surface area contributed by atoms with Gasteiger partial charge in [0.15, 0.2) is 11.4 Å². The normalized spacial score (nSPS) is 29.4. The number of nitrogens with zero attached hydrogens (tertiary/aromatic N) is 2. The Kier molecular flexibility index (Phi) is 5.74. The van der Waals surface area contributed by atoms with Crippen molar-refractivity contribution in [2.75, 3.05) is 20.6 Å². The molecule has 4 atom stereocenters. The number of aliphatic hydroxyl groups is 3. The van der Waals surface area contributed by atoms with Gasteiger partial charge in [-0.3, -0.25) is 24.2 Å². The van der Waals surface area contributed by atoms with E-state index in [2.05, 4.69) is 0 Å². The Morgan fingerprint density at radius 2 is 1.81 bits per heavy atom. The van der Waals surface area contributed by atoms with Crippen LogP contribution in [-0.2, 0) is 33.9 Å². The van der Waals surface area contributed by atoms with E-state index in [0.29, 0.717) is 24.2 Å². The number of carbonyl (C=O) groups is 3. The predicted octanol–water partition coefficient (Wildman–Crippen LogP) is 0.829. The highest BCUT2D eigenvalue weighted by molar-refractivity contribution is 6.24. The SMILES string of the molecule is CCCN1Cc2c(O)c3c(c(F)c2C1)C[C@H]1C[C@H]2[C@H](N(C)C)C(=O)C(C(N)=O)=C(O)[C@@]2(O)C(=O)C1=C3O. The average molecular weight is 516 g/mol. The van der Waals surface area contributed by atoms with E-state index >= 15 is 4.39 Å². The van der Waals surface area contributed by atoms with Gasteiger partial charge in [-0.15, -0.1) is 0 Å². The minimum Gasteiger partial charge on any atom is -0.508 e. The maximum absolute atomic E-state index is 15.8. The van der Waals surface area contributed by atoms with Crippen LogP contribution in [0.25, 0.3) is 5.76 Å². The van der Waals surface area contributed by atoms with Gasteiger partial charge in [0.25, 0.3) is 5.91 Å².